The molecule has 0 radical (unpaired) electrons. The van der Waals surface area contributed by atoms with E-state index in [1.165, 1.54) is 4.68 Å². The summed E-state index contributed by atoms with van der Waals surface area (Å²) in [6, 6.07) is 10.7. The minimum absolute atomic E-state index is 0.234. The van der Waals surface area contributed by atoms with E-state index in [-0.39, 0.29) is 5.56 Å². The van der Waals surface area contributed by atoms with Crippen LogP contribution in [0, 0.1) is 13.8 Å². The fourth-order valence-corrected chi connectivity index (χ4v) is 2.69. The monoisotopic (exact) mass is 363 g/mol. The number of aromatic nitrogens is 6. The van der Waals surface area contributed by atoms with E-state index < -0.39 is 0 Å². The molecule has 0 saturated carbocycles. The van der Waals surface area contributed by atoms with E-state index in [0.29, 0.717) is 28.5 Å². The van der Waals surface area contributed by atoms with Crippen LogP contribution in [-0.2, 0) is 0 Å². The minimum atomic E-state index is -0.234. The van der Waals surface area contributed by atoms with Crippen LogP contribution >= 0.6 is 0 Å². The Kier molecular flexibility index (Phi) is 4.03. The molecule has 0 bridgehead atoms. The number of ether oxygens (including phenoxy) is 1. The number of fused-ring (bicyclic) bond motifs is 1. The van der Waals surface area contributed by atoms with Gasteiger partial charge in [-0.25, -0.2) is 0 Å². The third kappa shape index (κ3) is 2.99. The number of rotatable bonds is 4. The molecular formula is C18H17N7O2. The molecule has 0 aliphatic carbocycles. The molecule has 1 N–H and O–H groups in total. The normalized spacial score (nSPS) is 11.5. The Hall–Kier alpha value is -3.75. The summed E-state index contributed by atoms with van der Waals surface area (Å²) in [6.45, 7) is 3.61. The van der Waals surface area contributed by atoms with Gasteiger partial charge in [-0.3, -0.25) is 14.9 Å². The molecule has 0 spiro atoms. The van der Waals surface area contributed by atoms with Crippen molar-refractivity contribution in [3.63, 3.8) is 0 Å². The molecule has 0 fully saturated rings. The Labute approximate surface area is 153 Å². The summed E-state index contributed by atoms with van der Waals surface area (Å²) in [7, 11) is 1.61. The molecule has 3 aromatic heterocycles. The highest BCUT2D eigenvalue weighted by Gasteiger charge is 2.13. The SMILES string of the molecule is COc1ccc(N=Cc2c(C)[nH]n(-c3ccc4nnc(C)n4n3)c2=O)cc1. The lowest BCUT2D eigenvalue weighted by molar-refractivity contribution is 0.415. The van der Waals surface area contributed by atoms with Crippen molar-refractivity contribution in [2.24, 2.45) is 4.99 Å². The minimum Gasteiger partial charge on any atom is -0.497 e. The molecule has 0 unspecified atom stereocenters. The van der Waals surface area contributed by atoms with E-state index in [4.69, 9.17) is 4.74 Å². The molecule has 3 heterocycles. The first-order chi connectivity index (χ1) is 13.1. The number of benzene rings is 1. The van der Waals surface area contributed by atoms with Crippen LogP contribution in [-0.4, -0.2) is 42.9 Å². The lowest BCUT2D eigenvalue weighted by Crippen LogP contribution is -2.19. The maximum atomic E-state index is 12.8. The van der Waals surface area contributed by atoms with Gasteiger partial charge in [-0.2, -0.15) is 9.20 Å². The number of hydrogen-bond donors (Lipinski definition) is 1. The van der Waals surface area contributed by atoms with Gasteiger partial charge >= 0.3 is 0 Å². The number of nitrogens with one attached hydrogen (secondary N) is 1. The summed E-state index contributed by atoms with van der Waals surface area (Å²) >= 11 is 0. The van der Waals surface area contributed by atoms with Crippen LogP contribution < -0.4 is 10.3 Å². The highest BCUT2D eigenvalue weighted by molar-refractivity contribution is 5.83. The zero-order valence-corrected chi connectivity index (χ0v) is 15.0. The van der Waals surface area contributed by atoms with E-state index in [1.54, 1.807) is 36.9 Å². The highest BCUT2D eigenvalue weighted by Crippen LogP contribution is 2.17. The van der Waals surface area contributed by atoms with Crippen molar-refractivity contribution in [1.29, 1.82) is 0 Å². The lowest BCUT2D eigenvalue weighted by Gasteiger charge is -2.01. The molecule has 136 valence electrons. The van der Waals surface area contributed by atoms with E-state index >= 15 is 0 Å². The number of H-pyrrole nitrogens is 1. The third-order valence-electron chi connectivity index (χ3n) is 4.17. The van der Waals surface area contributed by atoms with Crippen molar-refractivity contribution in [3.05, 3.63) is 63.8 Å². The Bertz CT molecular complexity index is 1200. The fraction of sp³-hybridized carbons (Fsp3) is 0.167. The number of methoxy groups -OCH3 is 1. The van der Waals surface area contributed by atoms with Gasteiger partial charge < -0.3 is 4.74 Å². The first kappa shape index (κ1) is 16.7. The second-order valence-electron chi connectivity index (χ2n) is 5.96. The summed E-state index contributed by atoms with van der Waals surface area (Å²) in [5.74, 6) is 1.84. The van der Waals surface area contributed by atoms with Crippen LogP contribution in [0.4, 0.5) is 5.69 Å². The summed E-state index contributed by atoms with van der Waals surface area (Å²) in [5, 5.41) is 15.4. The summed E-state index contributed by atoms with van der Waals surface area (Å²) in [4.78, 5) is 17.2. The second kappa shape index (κ2) is 6.52. The number of hydrogen-bond acceptors (Lipinski definition) is 6. The van der Waals surface area contributed by atoms with Crippen molar-refractivity contribution >= 4 is 17.5 Å². The van der Waals surface area contributed by atoms with Gasteiger partial charge in [0.05, 0.1) is 18.4 Å². The highest BCUT2D eigenvalue weighted by atomic mass is 16.5. The van der Waals surface area contributed by atoms with E-state index in [0.717, 1.165) is 11.4 Å². The Morgan fingerprint density at radius 2 is 1.89 bits per heavy atom. The standard InChI is InChI=1S/C18H17N7O2/c1-11-15(10-19-13-4-6-14(27-3)7-5-13)18(26)25(22-11)17-9-8-16-21-20-12(2)24(16)23-17/h4-10,22H,1-3H3. The lowest BCUT2D eigenvalue weighted by atomic mass is 10.2. The molecule has 9 heteroatoms. The van der Waals surface area contributed by atoms with Gasteiger partial charge in [0.15, 0.2) is 17.3 Å². The number of aromatic amines is 1. The van der Waals surface area contributed by atoms with Crippen molar-refractivity contribution < 1.29 is 4.74 Å². The van der Waals surface area contributed by atoms with E-state index in [9.17, 15) is 4.79 Å². The fourth-order valence-electron chi connectivity index (χ4n) is 2.69. The van der Waals surface area contributed by atoms with E-state index in [1.807, 2.05) is 31.2 Å². The zero-order valence-electron chi connectivity index (χ0n) is 15.0. The summed E-state index contributed by atoms with van der Waals surface area (Å²) in [5.41, 5.74) is 2.27. The molecule has 0 aliphatic heterocycles. The second-order valence-corrected chi connectivity index (χ2v) is 5.96. The van der Waals surface area contributed by atoms with Crippen molar-refractivity contribution in [2.75, 3.05) is 7.11 Å². The molecule has 0 atom stereocenters. The van der Waals surface area contributed by atoms with Gasteiger partial charge in [-0.15, -0.1) is 15.3 Å². The molecule has 0 amide bonds. The van der Waals surface area contributed by atoms with E-state index in [2.05, 4.69) is 25.4 Å². The van der Waals surface area contributed by atoms with Gasteiger partial charge in [0, 0.05) is 11.9 Å². The molecule has 4 aromatic rings. The summed E-state index contributed by atoms with van der Waals surface area (Å²) in [6.07, 6.45) is 1.55. The van der Waals surface area contributed by atoms with Gasteiger partial charge in [0.2, 0.25) is 0 Å². The Morgan fingerprint density at radius 3 is 2.63 bits per heavy atom. The van der Waals surface area contributed by atoms with Crippen molar-refractivity contribution in [3.8, 4) is 11.6 Å². The molecule has 27 heavy (non-hydrogen) atoms. The molecule has 0 aliphatic rings. The van der Waals surface area contributed by atoms with Gasteiger partial charge in [0.1, 0.15) is 5.75 Å². The Morgan fingerprint density at radius 1 is 1.11 bits per heavy atom. The molecular weight excluding hydrogens is 346 g/mol. The van der Waals surface area contributed by atoms with Gasteiger partial charge in [-0.1, -0.05) is 0 Å². The third-order valence-corrected chi connectivity index (χ3v) is 4.17. The van der Waals surface area contributed by atoms with Crippen LogP contribution in [0.25, 0.3) is 11.5 Å². The number of nitrogens with zero attached hydrogens (tertiary/aromatic N) is 6. The first-order valence-corrected chi connectivity index (χ1v) is 8.26. The quantitative estimate of drug-likeness (QED) is 0.559. The topological polar surface area (TPSA) is 102 Å². The molecule has 1 aromatic carbocycles. The first-order valence-electron chi connectivity index (χ1n) is 8.26. The van der Waals surface area contributed by atoms with Gasteiger partial charge in [-0.05, 0) is 50.2 Å². The zero-order chi connectivity index (χ0) is 19.0. The molecule has 4 rings (SSSR count). The Balaban J connectivity index is 1.71. The largest absolute Gasteiger partial charge is 0.497 e. The maximum absolute atomic E-state index is 12.8. The summed E-state index contributed by atoms with van der Waals surface area (Å²) < 4.78 is 8.09. The maximum Gasteiger partial charge on any atom is 0.281 e. The predicted molar refractivity (Wildman–Crippen MR) is 100 cm³/mol. The predicted octanol–water partition coefficient (Wildman–Crippen LogP) is 1.98. The van der Waals surface area contributed by atoms with Crippen LogP contribution in [0.3, 0.4) is 0 Å². The average Bonchev–Trinajstić information content (AvgIpc) is 3.20. The van der Waals surface area contributed by atoms with Crippen LogP contribution in [0.2, 0.25) is 0 Å². The van der Waals surface area contributed by atoms with Crippen LogP contribution in [0.15, 0.2) is 46.2 Å². The number of aliphatic imine (C=N–C) groups is 1. The number of aryl methyl sites for hydroxylation is 2. The van der Waals surface area contributed by atoms with Gasteiger partial charge in [0.25, 0.3) is 5.56 Å². The van der Waals surface area contributed by atoms with Crippen LogP contribution in [0.5, 0.6) is 5.75 Å². The molecule has 0 saturated heterocycles. The van der Waals surface area contributed by atoms with Crippen molar-refractivity contribution in [2.45, 2.75) is 13.8 Å². The van der Waals surface area contributed by atoms with Crippen LogP contribution in [0.1, 0.15) is 17.1 Å². The molecule has 9 nitrogen and oxygen atoms in total. The average molecular weight is 363 g/mol. The smallest absolute Gasteiger partial charge is 0.281 e. The van der Waals surface area contributed by atoms with Crippen molar-refractivity contribution in [1.82, 2.24) is 29.6 Å².